The molecular weight excluding hydrogens is 312 g/mol. The minimum absolute atomic E-state index is 0.217. The van der Waals surface area contributed by atoms with Crippen LogP contribution in [0.1, 0.15) is 27.3 Å². The van der Waals surface area contributed by atoms with Gasteiger partial charge >= 0.3 is 0 Å². The lowest BCUT2D eigenvalue weighted by Gasteiger charge is -2.10. The van der Waals surface area contributed by atoms with E-state index in [4.69, 9.17) is 0 Å². The maximum absolute atomic E-state index is 12.3. The van der Waals surface area contributed by atoms with Crippen molar-refractivity contribution in [2.75, 3.05) is 5.32 Å². The number of nitrogens with zero attached hydrogens (tertiary/aromatic N) is 2. The van der Waals surface area contributed by atoms with Crippen molar-refractivity contribution in [2.45, 2.75) is 20.0 Å². The molecule has 1 aromatic carbocycles. The lowest BCUT2D eigenvalue weighted by molar-refractivity contribution is 0.0945. The number of hydrogen-bond acceptors (Lipinski definition) is 4. The summed E-state index contributed by atoms with van der Waals surface area (Å²) in [5, 5.41) is 6.17. The molecule has 0 unspecified atom stereocenters. The second-order valence-corrected chi connectivity index (χ2v) is 5.71. The molecular formula is C20H20N4O. The van der Waals surface area contributed by atoms with Crippen LogP contribution in [0.15, 0.2) is 67.0 Å². The Morgan fingerprint density at radius 2 is 1.80 bits per heavy atom. The molecule has 1 amide bonds. The lowest BCUT2D eigenvalue weighted by atomic mass is 10.1. The zero-order valence-electron chi connectivity index (χ0n) is 14.1. The van der Waals surface area contributed by atoms with E-state index in [1.165, 1.54) is 11.1 Å². The number of hydrogen-bond donors (Lipinski definition) is 2. The van der Waals surface area contributed by atoms with Crippen molar-refractivity contribution in [3.05, 3.63) is 89.5 Å². The highest BCUT2D eigenvalue weighted by Gasteiger charge is 2.08. The first-order valence-corrected chi connectivity index (χ1v) is 8.15. The Kier molecular flexibility index (Phi) is 5.36. The second-order valence-electron chi connectivity index (χ2n) is 5.71. The van der Waals surface area contributed by atoms with Crippen LogP contribution in [0.4, 0.5) is 5.69 Å². The predicted octanol–water partition coefficient (Wildman–Crippen LogP) is 3.33. The van der Waals surface area contributed by atoms with Gasteiger partial charge in [-0.05, 0) is 42.3 Å². The predicted molar refractivity (Wildman–Crippen MR) is 98.1 cm³/mol. The third kappa shape index (κ3) is 4.64. The molecule has 0 spiro atoms. The SMILES string of the molecule is Cc1ccccc1CNc1ccnc(C(=O)NCc2ccccn2)c1. The van der Waals surface area contributed by atoms with Gasteiger partial charge in [0.05, 0.1) is 12.2 Å². The second kappa shape index (κ2) is 8.06. The fourth-order valence-electron chi connectivity index (χ4n) is 2.43. The first-order chi connectivity index (χ1) is 12.2. The van der Waals surface area contributed by atoms with Crippen LogP contribution < -0.4 is 10.6 Å². The van der Waals surface area contributed by atoms with Gasteiger partial charge in [0.15, 0.2) is 0 Å². The van der Waals surface area contributed by atoms with Gasteiger partial charge in [0.2, 0.25) is 0 Å². The molecule has 5 nitrogen and oxygen atoms in total. The molecule has 3 rings (SSSR count). The van der Waals surface area contributed by atoms with E-state index in [2.05, 4.69) is 39.7 Å². The molecule has 0 aliphatic heterocycles. The molecule has 0 bridgehead atoms. The topological polar surface area (TPSA) is 66.9 Å². The van der Waals surface area contributed by atoms with Gasteiger partial charge in [-0.3, -0.25) is 14.8 Å². The number of aromatic nitrogens is 2. The van der Waals surface area contributed by atoms with E-state index in [1.807, 2.05) is 36.4 Å². The number of aryl methyl sites for hydroxylation is 1. The molecule has 0 fully saturated rings. The fraction of sp³-hybridized carbons (Fsp3) is 0.150. The fourth-order valence-corrected chi connectivity index (χ4v) is 2.43. The number of carbonyl (C=O) groups is 1. The van der Waals surface area contributed by atoms with Crippen molar-refractivity contribution in [3.8, 4) is 0 Å². The van der Waals surface area contributed by atoms with Crippen molar-refractivity contribution in [1.82, 2.24) is 15.3 Å². The normalized spacial score (nSPS) is 10.3. The van der Waals surface area contributed by atoms with Gasteiger partial charge in [0.1, 0.15) is 5.69 Å². The minimum atomic E-state index is -0.217. The summed E-state index contributed by atoms with van der Waals surface area (Å²) >= 11 is 0. The largest absolute Gasteiger partial charge is 0.381 e. The van der Waals surface area contributed by atoms with Crippen LogP contribution in [-0.4, -0.2) is 15.9 Å². The summed E-state index contributed by atoms with van der Waals surface area (Å²) in [6.45, 7) is 3.16. The van der Waals surface area contributed by atoms with Crippen LogP contribution in [0.3, 0.4) is 0 Å². The van der Waals surface area contributed by atoms with E-state index in [0.29, 0.717) is 18.8 Å². The van der Waals surface area contributed by atoms with Gasteiger partial charge < -0.3 is 10.6 Å². The Labute approximate surface area is 147 Å². The number of amides is 1. The molecule has 2 aromatic heterocycles. The van der Waals surface area contributed by atoms with Crippen LogP contribution >= 0.6 is 0 Å². The number of pyridine rings is 2. The van der Waals surface area contributed by atoms with Gasteiger partial charge in [-0.1, -0.05) is 30.3 Å². The minimum Gasteiger partial charge on any atom is -0.381 e. The molecule has 25 heavy (non-hydrogen) atoms. The summed E-state index contributed by atoms with van der Waals surface area (Å²) in [5.41, 5.74) is 4.51. The zero-order valence-corrected chi connectivity index (χ0v) is 14.1. The van der Waals surface area contributed by atoms with Crippen molar-refractivity contribution in [1.29, 1.82) is 0 Å². The summed E-state index contributed by atoms with van der Waals surface area (Å²) in [6, 6.07) is 17.4. The van der Waals surface area contributed by atoms with Crippen LogP contribution in [0.5, 0.6) is 0 Å². The Morgan fingerprint density at radius 3 is 2.60 bits per heavy atom. The van der Waals surface area contributed by atoms with E-state index < -0.39 is 0 Å². The molecule has 2 N–H and O–H groups in total. The number of benzene rings is 1. The van der Waals surface area contributed by atoms with E-state index in [0.717, 1.165) is 11.4 Å². The molecule has 0 saturated carbocycles. The van der Waals surface area contributed by atoms with Gasteiger partial charge in [0.25, 0.3) is 5.91 Å². The van der Waals surface area contributed by atoms with Gasteiger partial charge in [0, 0.05) is 24.6 Å². The smallest absolute Gasteiger partial charge is 0.270 e. The highest BCUT2D eigenvalue weighted by Crippen LogP contribution is 2.12. The van der Waals surface area contributed by atoms with Gasteiger partial charge in [-0.2, -0.15) is 0 Å². The summed E-state index contributed by atoms with van der Waals surface area (Å²) < 4.78 is 0. The van der Waals surface area contributed by atoms with E-state index >= 15 is 0 Å². The summed E-state index contributed by atoms with van der Waals surface area (Å²) in [6.07, 6.45) is 3.34. The molecule has 5 heteroatoms. The highest BCUT2D eigenvalue weighted by atomic mass is 16.1. The molecule has 0 radical (unpaired) electrons. The van der Waals surface area contributed by atoms with Crippen molar-refractivity contribution < 1.29 is 4.79 Å². The molecule has 0 aliphatic carbocycles. The van der Waals surface area contributed by atoms with E-state index in [-0.39, 0.29) is 5.91 Å². The van der Waals surface area contributed by atoms with Crippen molar-refractivity contribution in [2.24, 2.45) is 0 Å². The number of rotatable bonds is 6. The maximum atomic E-state index is 12.3. The maximum Gasteiger partial charge on any atom is 0.270 e. The first-order valence-electron chi connectivity index (χ1n) is 8.15. The lowest BCUT2D eigenvalue weighted by Crippen LogP contribution is -2.24. The highest BCUT2D eigenvalue weighted by molar-refractivity contribution is 5.93. The number of nitrogens with one attached hydrogen (secondary N) is 2. The summed E-state index contributed by atoms with van der Waals surface area (Å²) in [7, 11) is 0. The molecule has 0 atom stereocenters. The Morgan fingerprint density at radius 1 is 0.960 bits per heavy atom. The average Bonchev–Trinajstić information content (AvgIpc) is 2.66. The molecule has 2 heterocycles. The van der Waals surface area contributed by atoms with Gasteiger partial charge in [-0.15, -0.1) is 0 Å². The molecule has 3 aromatic rings. The Balaban J connectivity index is 1.61. The zero-order chi connectivity index (χ0) is 17.5. The van der Waals surface area contributed by atoms with Crippen LogP contribution in [-0.2, 0) is 13.1 Å². The summed E-state index contributed by atoms with van der Waals surface area (Å²) in [5.74, 6) is -0.217. The van der Waals surface area contributed by atoms with E-state index in [1.54, 1.807) is 18.5 Å². The monoisotopic (exact) mass is 332 g/mol. The Hall–Kier alpha value is -3.21. The first kappa shape index (κ1) is 16.6. The van der Waals surface area contributed by atoms with Gasteiger partial charge in [-0.25, -0.2) is 0 Å². The molecule has 0 aliphatic rings. The third-order valence-electron chi connectivity index (χ3n) is 3.89. The number of anilines is 1. The third-order valence-corrected chi connectivity index (χ3v) is 3.89. The van der Waals surface area contributed by atoms with Crippen molar-refractivity contribution in [3.63, 3.8) is 0 Å². The van der Waals surface area contributed by atoms with Crippen LogP contribution in [0.25, 0.3) is 0 Å². The number of carbonyl (C=O) groups excluding carboxylic acids is 1. The van der Waals surface area contributed by atoms with Crippen LogP contribution in [0, 0.1) is 6.92 Å². The van der Waals surface area contributed by atoms with Crippen molar-refractivity contribution >= 4 is 11.6 Å². The molecule has 126 valence electrons. The quantitative estimate of drug-likeness (QED) is 0.726. The molecule has 0 saturated heterocycles. The Bertz CT molecular complexity index is 849. The standard InChI is InChI=1S/C20H20N4O/c1-15-6-2-3-7-16(15)13-23-17-9-11-22-19(12-17)20(25)24-14-18-8-4-5-10-21-18/h2-12H,13-14H2,1H3,(H,22,23)(H,24,25). The average molecular weight is 332 g/mol. The summed E-state index contributed by atoms with van der Waals surface area (Å²) in [4.78, 5) is 20.6. The van der Waals surface area contributed by atoms with Crippen LogP contribution in [0.2, 0.25) is 0 Å². The van der Waals surface area contributed by atoms with E-state index in [9.17, 15) is 4.79 Å².